The molecule has 23 heavy (non-hydrogen) atoms. The molecule has 5 rings (SSSR count). The highest BCUT2D eigenvalue weighted by molar-refractivity contribution is 5.86. The summed E-state index contributed by atoms with van der Waals surface area (Å²) in [5, 5.41) is 0. The van der Waals surface area contributed by atoms with Gasteiger partial charge in [0.15, 0.2) is 0 Å². The van der Waals surface area contributed by atoms with Crippen molar-refractivity contribution in [3.05, 3.63) is 35.4 Å². The Labute approximate surface area is 138 Å². The second kappa shape index (κ2) is 5.34. The van der Waals surface area contributed by atoms with Gasteiger partial charge in [0.2, 0.25) is 5.91 Å². The van der Waals surface area contributed by atoms with Crippen molar-refractivity contribution in [2.45, 2.75) is 69.5 Å². The zero-order chi connectivity index (χ0) is 15.4. The number of hydrogen-bond donors (Lipinski definition) is 0. The number of fused-ring (bicyclic) bond motifs is 2. The van der Waals surface area contributed by atoms with Crippen LogP contribution in [-0.2, 0) is 11.2 Å². The van der Waals surface area contributed by atoms with E-state index < -0.39 is 0 Å². The monoisotopic (exact) mass is 310 g/mol. The fraction of sp³-hybridized carbons (Fsp3) is 0.650. The summed E-state index contributed by atoms with van der Waals surface area (Å²) in [4.78, 5) is 17.3. The molecule has 3 heteroatoms. The molecule has 3 atom stereocenters. The van der Waals surface area contributed by atoms with Crippen molar-refractivity contribution < 1.29 is 4.79 Å². The number of likely N-dealkylation sites (tertiary alicyclic amines) is 1. The maximum atomic E-state index is 12.4. The van der Waals surface area contributed by atoms with Gasteiger partial charge in [0.25, 0.3) is 0 Å². The van der Waals surface area contributed by atoms with Crippen LogP contribution in [0.1, 0.15) is 62.1 Å². The van der Waals surface area contributed by atoms with Gasteiger partial charge in [-0.05, 0) is 56.1 Å². The molecule has 0 spiro atoms. The highest BCUT2D eigenvalue weighted by Crippen LogP contribution is 2.44. The summed E-state index contributed by atoms with van der Waals surface area (Å²) in [7, 11) is 0. The number of nitrogens with zero attached hydrogens (tertiary/aromatic N) is 2. The van der Waals surface area contributed by atoms with Crippen LogP contribution in [0, 0.1) is 5.92 Å². The first-order chi connectivity index (χ1) is 11.3. The van der Waals surface area contributed by atoms with Crippen molar-refractivity contribution in [1.29, 1.82) is 0 Å². The maximum Gasteiger partial charge on any atom is 0.229 e. The van der Waals surface area contributed by atoms with E-state index in [1.807, 2.05) is 0 Å². The van der Waals surface area contributed by atoms with Gasteiger partial charge in [0, 0.05) is 18.1 Å². The van der Waals surface area contributed by atoms with Crippen molar-refractivity contribution >= 4 is 5.91 Å². The molecule has 1 aromatic rings. The summed E-state index contributed by atoms with van der Waals surface area (Å²) >= 11 is 0. The minimum absolute atomic E-state index is 0.370. The van der Waals surface area contributed by atoms with Gasteiger partial charge < -0.3 is 4.90 Å². The first kappa shape index (κ1) is 14.0. The van der Waals surface area contributed by atoms with Crippen molar-refractivity contribution in [2.24, 2.45) is 5.92 Å². The molecule has 3 nitrogen and oxygen atoms in total. The minimum Gasteiger partial charge on any atom is -0.326 e. The summed E-state index contributed by atoms with van der Waals surface area (Å²) in [5.74, 6) is 0.803. The lowest BCUT2D eigenvalue weighted by molar-refractivity contribution is -0.159. The van der Waals surface area contributed by atoms with Gasteiger partial charge in [-0.2, -0.15) is 0 Å². The summed E-state index contributed by atoms with van der Waals surface area (Å²) in [6, 6.07) is 10.8. The van der Waals surface area contributed by atoms with Crippen molar-refractivity contribution in [3.63, 3.8) is 0 Å². The predicted octanol–water partition coefficient (Wildman–Crippen LogP) is 3.50. The third kappa shape index (κ3) is 2.24. The maximum absolute atomic E-state index is 12.4. The van der Waals surface area contributed by atoms with Gasteiger partial charge in [0.05, 0.1) is 12.6 Å². The lowest BCUT2D eigenvalue weighted by Gasteiger charge is -2.48. The summed E-state index contributed by atoms with van der Waals surface area (Å²) < 4.78 is 0. The Morgan fingerprint density at radius 2 is 1.91 bits per heavy atom. The van der Waals surface area contributed by atoms with Crippen LogP contribution in [0.4, 0.5) is 0 Å². The van der Waals surface area contributed by atoms with Crippen LogP contribution in [-0.4, -0.2) is 34.5 Å². The summed E-state index contributed by atoms with van der Waals surface area (Å²) in [6.07, 6.45) is 10.00. The van der Waals surface area contributed by atoms with E-state index in [0.717, 1.165) is 13.1 Å². The van der Waals surface area contributed by atoms with Crippen molar-refractivity contribution in [2.75, 3.05) is 6.67 Å². The fourth-order valence-electron chi connectivity index (χ4n) is 5.19. The first-order valence-electron chi connectivity index (χ1n) is 9.47. The molecular weight excluding hydrogens is 284 g/mol. The molecule has 1 aromatic carbocycles. The standard InChI is InChI=1S/C20H26N2O/c23-20-17-8-4-10-19(17)22(20)13-21(15-11-12-15)18-9-3-6-14-5-1-2-7-16(14)18/h1-2,5,7,15,17-19H,3-4,6,8-13H2/t17-,18+,19+/m1/s1. The van der Waals surface area contributed by atoms with E-state index in [2.05, 4.69) is 34.1 Å². The Morgan fingerprint density at radius 1 is 1.04 bits per heavy atom. The van der Waals surface area contributed by atoms with Crippen LogP contribution in [0.5, 0.6) is 0 Å². The molecule has 1 amide bonds. The Morgan fingerprint density at radius 3 is 2.78 bits per heavy atom. The number of carbonyl (C=O) groups is 1. The van der Waals surface area contributed by atoms with E-state index in [1.54, 1.807) is 0 Å². The van der Waals surface area contributed by atoms with E-state index >= 15 is 0 Å². The topological polar surface area (TPSA) is 23.6 Å². The molecule has 1 saturated heterocycles. The number of rotatable bonds is 4. The molecule has 0 bridgehead atoms. The molecule has 122 valence electrons. The lowest BCUT2D eigenvalue weighted by atomic mass is 9.86. The van der Waals surface area contributed by atoms with Gasteiger partial charge in [-0.15, -0.1) is 0 Å². The average Bonchev–Trinajstić information content (AvgIpc) is 3.33. The van der Waals surface area contributed by atoms with Crippen molar-refractivity contribution in [1.82, 2.24) is 9.80 Å². The normalized spacial score (nSPS) is 32.7. The van der Waals surface area contributed by atoms with Gasteiger partial charge in [-0.25, -0.2) is 0 Å². The number of β-lactam (4-membered cyclic amide) rings is 1. The Bertz CT molecular complexity index is 624. The number of hydrogen-bond acceptors (Lipinski definition) is 2. The molecule has 0 N–H and O–H groups in total. The van der Waals surface area contributed by atoms with E-state index in [9.17, 15) is 4.79 Å². The molecular formula is C20H26N2O. The second-order valence-corrected chi connectivity index (χ2v) is 7.91. The number of aryl methyl sites for hydroxylation is 1. The van der Waals surface area contributed by atoms with Gasteiger partial charge in [-0.1, -0.05) is 30.7 Å². The van der Waals surface area contributed by atoms with Crippen LogP contribution in [0.3, 0.4) is 0 Å². The van der Waals surface area contributed by atoms with Crippen LogP contribution < -0.4 is 0 Å². The number of amides is 1. The van der Waals surface area contributed by atoms with Crippen LogP contribution in [0.25, 0.3) is 0 Å². The van der Waals surface area contributed by atoms with E-state index in [0.29, 0.717) is 30.0 Å². The van der Waals surface area contributed by atoms with Gasteiger partial charge >= 0.3 is 0 Å². The SMILES string of the molecule is O=C1[C@@H]2CCC[C@@H]2N1CN(C1CC1)[C@H]1CCCc2ccccc21. The molecule has 0 radical (unpaired) electrons. The third-order valence-electron chi connectivity index (χ3n) is 6.55. The lowest BCUT2D eigenvalue weighted by Crippen LogP contribution is -2.61. The molecule has 3 aliphatic carbocycles. The highest BCUT2D eigenvalue weighted by Gasteiger charge is 2.51. The number of benzene rings is 1. The number of carbonyl (C=O) groups excluding carboxylic acids is 1. The molecule has 0 unspecified atom stereocenters. The predicted molar refractivity (Wildman–Crippen MR) is 89.8 cm³/mol. The molecule has 1 aliphatic heterocycles. The van der Waals surface area contributed by atoms with E-state index in [1.165, 1.54) is 56.1 Å². The molecule has 3 fully saturated rings. The third-order valence-corrected chi connectivity index (χ3v) is 6.55. The van der Waals surface area contributed by atoms with Gasteiger partial charge in [-0.3, -0.25) is 9.69 Å². The van der Waals surface area contributed by atoms with Crippen LogP contribution >= 0.6 is 0 Å². The Balaban J connectivity index is 1.40. The van der Waals surface area contributed by atoms with E-state index in [-0.39, 0.29) is 0 Å². The largest absolute Gasteiger partial charge is 0.326 e. The molecule has 2 saturated carbocycles. The van der Waals surface area contributed by atoms with Crippen molar-refractivity contribution in [3.8, 4) is 0 Å². The van der Waals surface area contributed by atoms with E-state index in [4.69, 9.17) is 0 Å². The van der Waals surface area contributed by atoms with Crippen LogP contribution in [0.15, 0.2) is 24.3 Å². The Kier molecular flexibility index (Phi) is 3.26. The molecule has 1 heterocycles. The smallest absolute Gasteiger partial charge is 0.229 e. The highest BCUT2D eigenvalue weighted by atomic mass is 16.2. The van der Waals surface area contributed by atoms with Crippen LogP contribution in [0.2, 0.25) is 0 Å². The average molecular weight is 310 g/mol. The molecule has 4 aliphatic rings. The minimum atomic E-state index is 0.370. The Hall–Kier alpha value is -1.35. The zero-order valence-corrected chi connectivity index (χ0v) is 13.8. The zero-order valence-electron chi connectivity index (χ0n) is 13.8. The molecule has 0 aromatic heterocycles. The summed E-state index contributed by atoms with van der Waals surface area (Å²) in [5.41, 5.74) is 3.06. The second-order valence-electron chi connectivity index (χ2n) is 7.91. The van der Waals surface area contributed by atoms with Gasteiger partial charge in [0.1, 0.15) is 0 Å². The first-order valence-corrected chi connectivity index (χ1v) is 9.47. The summed E-state index contributed by atoms with van der Waals surface area (Å²) in [6.45, 7) is 0.879. The fourth-order valence-corrected chi connectivity index (χ4v) is 5.19. The quantitative estimate of drug-likeness (QED) is 0.795.